The summed E-state index contributed by atoms with van der Waals surface area (Å²) in [5.74, 6) is 1.55. The Morgan fingerprint density at radius 2 is 1.79 bits per heavy atom. The first-order chi connectivity index (χ1) is 11.5. The van der Waals surface area contributed by atoms with Crippen molar-refractivity contribution in [3.8, 4) is 11.5 Å². The normalized spacial score (nSPS) is 11.2. The Bertz CT molecular complexity index is 727. The van der Waals surface area contributed by atoms with Crippen molar-refractivity contribution in [2.45, 2.75) is 27.2 Å². The number of hydrogen-bond acceptors (Lipinski definition) is 3. The minimum Gasteiger partial charge on any atom is -0.497 e. The summed E-state index contributed by atoms with van der Waals surface area (Å²) in [4.78, 5) is 12.6. The molecule has 0 atom stereocenters. The van der Waals surface area contributed by atoms with Crippen molar-refractivity contribution in [2.75, 3.05) is 13.7 Å². The summed E-state index contributed by atoms with van der Waals surface area (Å²) in [6, 6.07) is 13.3. The van der Waals surface area contributed by atoms with Crippen LogP contribution in [0.1, 0.15) is 41.8 Å². The second-order valence-electron chi connectivity index (χ2n) is 5.81. The Hall–Kier alpha value is -2.55. The second kappa shape index (κ2) is 8.34. The van der Waals surface area contributed by atoms with Crippen molar-refractivity contribution < 1.29 is 14.3 Å². The average molecular weight is 324 g/mol. The van der Waals surface area contributed by atoms with Gasteiger partial charge in [0.1, 0.15) is 11.5 Å². The Morgan fingerprint density at radius 3 is 2.42 bits per heavy atom. The van der Waals surface area contributed by atoms with E-state index >= 15 is 0 Å². The van der Waals surface area contributed by atoms with Crippen LogP contribution >= 0.6 is 0 Å². The van der Waals surface area contributed by atoms with E-state index in [2.05, 4.69) is 6.92 Å². The summed E-state index contributed by atoms with van der Waals surface area (Å²) in [6.07, 6.45) is 2.87. The average Bonchev–Trinajstić information content (AvgIpc) is 2.59. The smallest absolute Gasteiger partial charge is 0.188 e. The van der Waals surface area contributed by atoms with Gasteiger partial charge in [0.25, 0.3) is 0 Å². The first-order valence-corrected chi connectivity index (χ1v) is 8.15. The van der Waals surface area contributed by atoms with E-state index in [-0.39, 0.29) is 5.78 Å². The molecular weight excluding hydrogens is 300 g/mol. The van der Waals surface area contributed by atoms with Crippen molar-refractivity contribution in [1.29, 1.82) is 0 Å². The Kier molecular flexibility index (Phi) is 6.19. The van der Waals surface area contributed by atoms with Gasteiger partial charge in [0.2, 0.25) is 0 Å². The van der Waals surface area contributed by atoms with Gasteiger partial charge in [-0.2, -0.15) is 0 Å². The fourth-order valence-corrected chi connectivity index (χ4v) is 2.42. The zero-order chi connectivity index (χ0) is 17.5. The molecule has 2 aromatic carbocycles. The van der Waals surface area contributed by atoms with E-state index in [1.165, 1.54) is 0 Å². The second-order valence-corrected chi connectivity index (χ2v) is 5.81. The van der Waals surface area contributed by atoms with Gasteiger partial charge in [-0.15, -0.1) is 0 Å². The van der Waals surface area contributed by atoms with Crippen molar-refractivity contribution in [2.24, 2.45) is 0 Å². The van der Waals surface area contributed by atoms with Crippen LogP contribution in [-0.4, -0.2) is 19.5 Å². The van der Waals surface area contributed by atoms with Gasteiger partial charge in [0.05, 0.1) is 13.7 Å². The molecule has 3 heteroatoms. The van der Waals surface area contributed by atoms with E-state index in [0.29, 0.717) is 23.5 Å². The van der Waals surface area contributed by atoms with Crippen LogP contribution in [-0.2, 0) is 0 Å². The number of ketones is 1. The van der Waals surface area contributed by atoms with Crippen LogP contribution in [0, 0.1) is 6.92 Å². The van der Waals surface area contributed by atoms with Crippen LogP contribution in [0.3, 0.4) is 0 Å². The molecule has 2 rings (SSSR count). The summed E-state index contributed by atoms with van der Waals surface area (Å²) in [7, 11) is 1.61. The number of aryl methyl sites for hydroxylation is 1. The molecule has 0 aliphatic carbocycles. The molecular formula is C21H24O3. The van der Waals surface area contributed by atoms with E-state index in [1.54, 1.807) is 13.2 Å². The van der Waals surface area contributed by atoms with Crippen molar-refractivity contribution in [3.63, 3.8) is 0 Å². The van der Waals surface area contributed by atoms with Crippen molar-refractivity contribution >= 4 is 11.9 Å². The van der Waals surface area contributed by atoms with E-state index in [1.807, 2.05) is 56.3 Å². The molecule has 0 spiro atoms. The number of carbonyl (C=O) groups is 1. The monoisotopic (exact) mass is 324 g/mol. The number of allylic oxidation sites excluding steroid dienone is 1. The van der Waals surface area contributed by atoms with Crippen molar-refractivity contribution in [1.82, 2.24) is 0 Å². The van der Waals surface area contributed by atoms with E-state index in [9.17, 15) is 4.79 Å². The van der Waals surface area contributed by atoms with Crippen LogP contribution in [0.2, 0.25) is 0 Å². The number of rotatable bonds is 7. The van der Waals surface area contributed by atoms with Gasteiger partial charge >= 0.3 is 0 Å². The number of methoxy groups -OCH3 is 1. The highest BCUT2D eigenvalue weighted by atomic mass is 16.5. The van der Waals surface area contributed by atoms with Gasteiger partial charge in [-0.05, 0) is 73.4 Å². The summed E-state index contributed by atoms with van der Waals surface area (Å²) < 4.78 is 10.8. The van der Waals surface area contributed by atoms with Crippen LogP contribution in [0.5, 0.6) is 11.5 Å². The molecule has 2 aromatic rings. The maximum Gasteiger partial charge on any atom is 0.188 e. The van der Waals surface area contributed by atoms with Gasteiger partial charge in [-0.1, -0.05) is 19.1 Å². The number of ether oxygens (including phenoxy) is 2. The molecule has 24 heavy (non-hydrogen) atoms. The predicted molar refractivity (Wildman–Crippen MR) is 97.9 cm³/mol. The topological polar surface area (TPSA) is 35.5 Å². The molecule has 0 fully saturated rings. The minimum absolute atomic E-state index is 0.00306. The summed E-state index contributed by atoms with van der Waals surface area (Å²) in [5, 5.41) is 0. The zero-order valence-electron chi connectivity index (χ0n) is 14.8. The fourth-order valence-electron chi connectivity index (χ4n) is 2.42. The van der Waals surface area contributed by atoms with Crippen LogP contribution in [0.15, 0.2) is 48.0 Å². The summed E-state index contributed by atoms with van der Waals surface area (Å²) >= 11 is 0. The fraction of sp³-hybridized carbons (Fsp3) is 0.286. The molecule has 126 valence electrons. The lowest BCUT2D eigenvalue weighted by Gasteiger charge is -2.07. The lowest BCUT2D eigenvalue weighted by atomic mass is 10.0. The SMILES string of the molecule is CCCOc1ccc(/C=C(\C)C(=O)c2cc(C)cc(OC)c2)cc1. The first kappa shape index (κ1) is 17.8. The molecule has 0 heterocycles. The lowest BCUT2D eigenvalue weighted by molar-refractivity contribution is 0.103. The lowest BCUT2D eigenvalue weighted by Crippen LogP contribution is -2.02. The molecule has 0 aromatic heterocycles. The van der Waals surface area contributed by atoms with E-state index < -0.39 is 0 Å². The number of carbonyl (C=O) groups excluding carboxylic acids is 1. The maximum atomic E-state index is 12.6. The molecule has 0 aliphatic heterocycles. The van der Waals surface area contributed by atoms with Crippen molar-refractivity contribution in [3.05, 3.63) is 64.7 Å². The van der Waals surface area contributed by atoms with Crippen LogP contribution in [0.25, 0.3) is 6.08 Å². The third-order valence-electron chi connectivity index (χ3n) is 3.64. The van der Waals surface area contributed by atoms with Gasteiger partial charge < -0.3 is 9.47 Å². The molecule has 0 saturated heterocycles. The van der Waals surface area contributed by atoms with E-state index in [0.717, 1.165) is 23.3 Å². The summed E-state index contributed by atoms with van der Waals surface area (Å²) in [5.41, 5.74) is 3.31. The van der Waals surface area contributed by atoms with Gasteiger partial charge in [-0.3, -0.25) is 4.79 Å². The Labute approximate surface area is 143 Å². The van der Waals surface area contributed by atoms with Crippen LogP contribution < -0.4 is 9.47 Å². The highest BCUT2D eigenvalue weighted by Gasteiger charge is 2.10. The largest absolute Gasteiger partial charge is 0.497 e. The Balaban J connectivity index is 2.17. The molecule has 0 saturated carbocycles. The predicted octanol–water partition coefficient (Wildman–Crippen LogP) is 5.08. The third kappa shape index (κ3) is 4.72. The quantitative estimate of drug-likeness (QED) is 0.526. The molecule has 0 amide bonds. The molecule has 0 N–H and O–H groups in total. The van der Waals surface area contributed by atoms with E-state index in [4.69, 9.17) is 9.47 Å². The van der Waals surface area contributed by atoms with Crippen LogP contribution in [0.4, 0.5) is 0 Å². The third-order valence-corrected chi connectivity index (χ3v) is 3.64. The zero-order valence-corrected chi connectivity index (χ0v) is 14.8. The number of hydrogen-bond donors (Lipinski definition) is 0. The minimum atomic E-state index is 0.00306. The molecule has 0 radical (unpaired) electrons. The molecule has 0 aliphatic rings. The Morgan fingerprint density at radius 1 is 1.08 bits per heavy atom. The number of Topliss-reactive ketones (excluding diaryl/α,β-unsaturated/α-hetero) is 1. The van der Waals surface area contributed by atoms with Gasteiger partial charge in [-0.25, -0.2) is 0 Å². The van der Waals surface area contributed by atoms with Gasteiger partial charge in [0.15, 0.2) is 5.78 Å². The highest BCUT2D eigenvalue weighted by Crippen LogP contribution is 2.21. The highest BCUT2D eigenvalue weighted by molar-refractivity contribution is 6.11. The number of benzene rings is 2. The first-order valence-electron chi connectivity index (χ1n) is 8.15. The molecule has 0 unspecified atom stereocenters. The summed E-state index contributed by atoms with van der Waals surface area (Å²) in [6.45, 7) is 6.57. The molecule has 3 nitrogen and oxygen atoms in total. The molecule has 0 bridgehead atoms. The van der Waals surface area contributed by atoms with Gasteiger partial charge in [0, 0.05) is 5.56 Å². The maximum absolute atomic E-state index is 12.6. The standard InChI is InChI=1S/C21H24O3/c1-5-10-24-19-8-6-17(7-9-19)13-16(3)21(22)18-11-15(2)12-20(14-18)23-4/h6-9,11-14H,5,10H2,1-4H3/b16-13+.